The second-order valence-corrected chi connectivity index (χ2v) is 9.54. The Morgan fingerprint density at radius 1 is 1.07 bits per heavy atom. The number of aliphatic hydroxyl groups excluding tert-OH is 1. The molecule has 3 N–H and O–H groups in total. The number of carbonyl (C=O) groups excluding carboxylic acids is 1. The Morgan fingerprint density at radius 3 is 2.76 bits per heavy atom. The molecular formula is C30H29ClN6O4. The van der Waals surface area contributed by atoms with E-state index in [-0.39, 0.29) is 12.5 Å². The van der Waals surface area contributed by atoms with Crippen LogP contribution >= 0.6 is 11.6 Å². The van der Waals surface area contributed by atoms with Crippen LogP contribution in [0.25, 0.3) is 16.6 Å². The summed E-state index contributed by atoms with van der Waals surface area (Å²) in [7, 11) is 1.58. The van der Waals surface area contributed by atoms with E-state index in [4.69, 9.17) is 21.1 Å². The number of ether oxygens (including phenoxy) is 2. The van der Waals surface area contributed by atoms with Gasteiger partial charge in [-0.25, -0.2) is 9.97 Å². The van der Waals surface area contributed by atoms with E-state index < -0.39 is 0 Å². The van der Waals surface area contributed by atoms with Gasteiger partial charge < -0.3 is 29.8 Å². The highest BCUT2D eigenvalue weighted by Crippen LogP contribution is 2.31. The van der Waals surface area contributed by atoms with Crippen LogP contribution < -0.4 is 15.4 Å². The fourth-order valence-electron chi connectivity index (χ4n) is 4.30. The van der Waals surface area contributed by atoms with Gasteiger partial charge in [0.25, 0.3) is 5.91 Å². The van der Waals surface area contributed by atoms with E-state index in [1.807, 2.05) is 53.2 Å². The van der Waals surface area contributed by atoms with Crippen molar-refractivity contribution in [2.24, 2.45) is 0 Å². The fraction of sp³-hybridized carbons (Fsp3) is 0.200. The molecule has 5 rings (SSSR count). The smallest absolute Gasteiger partial charge is 0.253 e. The van der Waals surface area contributed by atoms with Crippen LogP contribution in [0.5, 0.6) is 5.75 Å². The van der Waals surface area contributed by atoms with Crippen LogP contribution in [0.2, 0.25) is 5.02 Å². The molecule has 5 aromatic rings. The quantitative estimate of drug-likeness (QED) is 0.184. The summed E-state index contributed by atoms with van der Waals surface area (Å²) in [5, 5.41) is 16.9. The molecule has 41 heavy (non-hydrogen) atoms. The number of halogens is 1. The summed E-state index contributed by atoms with van der Waals surface area (Å²) in [5.41, 5.74) is 4.32. The number of fused-ring (bicyclic) bond motifs is 1. The van der Waals surface area contributed by atoms with Gasteiger partial charge in [-0.15, -0.1) is 0 Å². The summed E-state index contributed by atoms with van der Waals surface area (Å²) in [5.74, 6) is 0.918. The molecule has 10 nitrogen and oxygen atoms in total. The first-order chi connectivity index (χ1) is 20.1. The number of aliphatic hydroxyl groups is 1. The Kier molecular flexibility index (Phi) is 9.05. The lowest BCUT2D eigenvalue weighted by Crippen LogP contribution is -2.27. The lowest BCUT2D eigenvalue weighted by molar-refractivity contribution is 0.0936. The standard InChI is InChI=1S/C30H29ClN6O4/c1-40-13-11-33-30(39)25-17-37(16-20(25)9-12-38)23-6-7-27-24(15-23)29(35-19-34-27)36-21-5-8-28(26(31)14-21)41-18-22-4-2-3-10-32-22/h2-8,10,14-17,19,38H,9,11-13,18H2,1H3,(H,33,39)(H,34,35,36). The lowest BCUT2D eigenvalue weighted by atomic mass is 10.1. The molecule has 0 atom stereocenters. The van der Waals surface area contributed by atoms with Crippen molar-refractivity contribution in [3.8, 4) is 11.4 Å². The number of anilines is 2. The molecule has 0 unspecified atom stereocenters. The molecule has 210 valence electrons. The van der Waals surface area contributed by atoms with Gasteiger partial charge in [0.1, 0.15) is 24.5 Å². The molecule has 0 aliphatic rings. The van der Waals surface area contributed by atoms with Crippen molar-refractivity contribution in [1.29, 1.82) is 0 Å². The van der Waals surface area contributed by atoms with Crippen molar-refractivity contribution in [3.05, 3.63) is 101 Å². The third-order valence-corrected chi connectivity index (χ3v) is 6.64. The van der Waals surface area contributed by atoms with E-state index in [0.29, 0.717) is 48.3 Å². The second kappa shape index (κ2) is 13.2. The summed E-state index contributed by atoms with van der Waals surface area (Å²) in [6, 6.07) is 16.8. The zero-order chi connectivity index (χ0) is 28.6. The van der Waals surface area contributed by atoms with Crippen molar-refractivity contribution < 1.29 is 19.4 Å². The van der Waals surface area contributed by atoms with Crippen molar-refractivity contribution >= 4 is 39.9 Å². The normalized spacial score (nSPS) is 11.0. The highest BCUT2D eigenvalue weighted by atomic mass is 35.5. The van der Waals surface area contributed by atoms with Gasteiger partial charge in [0.2, 0.25) is 0 Å². The van der Waals surface area contributed by atoms with Crippen LogP contribution in [-0.2, 0) is 17.8 Å². The zero-order valence-corrected chi connectivity index (χ0v) is 23.1. The van der Waals surface area contributed by atoms with Gasteiger partial charge in [-0.2, -0.15) is 0 Å². The molecule has 0 saturated carbocycles. The first-order valence-electron chi connectivity index (χ1n) is 13.0. The molecule has 0 aliphatic heterocycles. The minimum absolute atomic E-state index is 0.0719. The maximum Gasteiger partial charge on any atom is 0.253 e. The summed E-state index contributed by atoms with van der Waals surface area (Å²) >= 11 is 6.51. The van der Waals surface area contributed by atoms with Crippen molar-refractivity contribution in [2.45, 2.75) is 13.0 Å². The van der Waals surface area contributed by atoms with Gasteiger partial charge in [-0.05, 0) is 60.5 Å². The Hall–Kier alpha value is -4.51. The largest absolute Gasteiger partial charge is 0.486 e. The Balaban J connectivity index is 1.38. The number of carbonyl (C=O) groups is 1. The van der Waals surface area contributed by atoms with E-state index in [2.05, 4.69) is 25.6 Å². The Labute approximate surface area is 242 Å². The molecule has 0 radical (unpaired) electrons. The molecular weight excluding hydrogens is 544 g/mol. The van der Waals surface area contributed by atoms with Crippen LogP contribution in [-0.4, -0.2) is 57.4 Å². The van der Waals surface area contributed by atoms with Gasteiger partial charge in [0.15, 0.2) is 0 Å². The van der Waals surface area contributed by atoms with E-state index >= 15 is 0 Å². The average molecular weight is 573 g/mol. The SMILES string of the molecule is COCCNC(=O)c1cn(-c2ccc3ncnc(Nc4ccc(OCc5ccccn5)c(Cl)c4)c3c2)cc1CCO. The monoisotopic (exact) mass is 572 g/mol. The van der Waals surface area contributed by atoms with Crippen LogP contribution in [0.3, 0.4) is 0 Å². The second-order valence-electron chi connectivity index (χ2n) is 9.13. The van der Waals surface area contributed by atoms with Crippen molar-refractivity contribution in [3.63, 3.8) is 0 Å². The number of benzene rings is 2. The minimum Gasteiger partial charge on any atom is -0.486 e. The third kappa shape index (κ3) is 6.80. The van der Waals surface area contributed by atoms with Gasteiger partial charge in [-0.1, -0.05) is 17.7 Å². The van der Waals surface area contributed by atoms with E-state index in [1.54, 1.807) is 31.6 Å². The molecule has 3 aromatic heterocycles. The molecule has 2 aromatic carbocycles. The molecule has 0 saturated heterocycles. The summed E-state index contributed by atoms with van der Waals surface area (Å²) in [6.07, 6.45) is 7.17. The van der Waals surface area contributed by atoms with Crippen molar-refractivity contribution in [1.82, 2.24) is 24.8 Å². The van der Waals surface area contributed by atoms with E-state index in [1.165, 1.54) is 6.33 Å². The zero-order valence-electron chi connectivity index (χ0n) is 22.4. The first kappa shape index (κ1) is 28.0. The number of methoxy groups -OCH3 is 1. The van der Waals surface area contributed by atoms with Gasteiger partial charge in [0, 0.05) is 55.6 Å². The maximum atomic E-state index is 12.8. The predicted octanol–water partition coefficient (Wildman–Crippen LogP) is 4.70. The number of nitrogens with one attached hydrogen (secondary N) is 2. The molecule has 0 bridgehead atoms. The average Bonchev–Trinajstić information content (AvgIpc) is 3.41. The van der Waals surface area contributed by atoms with Crippen LogP contribution in [0.15, 0.2) is 79.5 Å². The summed E-state index contributed by atoms with van der Waals surface area (Å²) in [6.45, 7) is 1.04. The lowest BCUT2D eigenvalue weighted by Gasteiger charge is -2.12. The number of amides is 1. The van der Waals surface area contributed by atoms with Gasteiger partial charge in [-0.3, -0.25) is 9.78 Å². The summed E-state index contributed by atoms with van der Waals surface area (Å²) in [4.78, 5) is 25.9. The third-order valence-electron chi connectivity index (χ3n) is 6.34. The topological polar surface area (TPSA) is 123 Å². The number of hydrogen-bond donors (Lipinski definition) is 3. The Bertz CT molecular complexity index is 1640. The number of pyridine rings is 1. The Morgan fingerprint density at radius 2 is 1.98 bits per heavy atom. The number of rotatable bonds is 12. The fourth-order valence-corrected chi connectivity index (χ4v) is 4.54. The maximum absolute atomic E-state index is 12.8. The molecule has 0 spiro atoms. The minimum atomic E-state index is -0.222. The number of nitrogens with zero attached hydrogens (tertiary/aromatic N) is 4. The van der Waals surface area contributed by atoms with E-state index in [9.17, 15) is 9.90 Å². The van der Waals surface area contributed by atoms with Crippen LogP contribution in [0.4, 0.5) is 11.5 Å². The molecule has 11 heteroatoms. The molecule has 0 fully saturated rings. The van der Waals surface area contributed by atoms with Crippen LogP contribution in [0, 0.1) is 0 Å². The molecule has 1 amide bonds. The van der Waals surface area contributed by atoms with E-state index in [0.717, 1.165) is 33.5 Å². The molecule has 0 aliphatic carbocycles. The highest BCUT2D eigenvalue weighted by Gasteiger charge is 2.16. The highest BCUT2D eigenvalue weighted by molar-refractivity contribution is 6.32. The molecule has 3 heterocycles. The van der Waals surface area contributed by atoms with Gasteiger partial charge >= 0.3 is 0 Å². The first-order valence-corrected chi connectivity index (χ1v) is 13.4. The number of hydrogen-bond acceptors (Lipinski definition) is 8. The van der Waals surface area contributed by atoms with Gasteiger partial charge in [0.05, 0.1) is 28.4 Å². The number of aromatic nitrogens is 4. The predicted molar refractivity (Wildman–Crippen MR) is 157 cm³/mol. The van der Waals surface area contributed by atoms with Crippen LogP contribution in [0.1, 0.15) is 21.6 Å². The summed E-state index contributed by atoms with van der Waals surface area (Å²) < 4.78 is 12.7. The van der Waals surface area contributed by atoms with Crippen molar-refractivity contribution in [2.75, 3.05) is 32.2 Å².